The van der Waals surface area contributed by atoms with Crippen molar-refractivity contribution in [3.8, 4) is 17.0 Å². The highest BCUT2D eigenvalue weighted by atomic mass is 16.5. The first-order chi connectivity index (χ1) is 13.8. The Hall–Kier alpha value is -3.41. The Morgan fingerprint density at radius 1 is 1.00 bits per heavy atom. The van der Waals surface area contributed by atoms with Gasteiger partial charge in [0.1, 0.15) is 17.9 Å². The molecule has 2 aromatic heterocycles. The van der Waals surface area contributed by atoms with Gasteiger partial charge in [-0.3, -0.25) is 0 Å². The summed E-state index contributed by atoms with van der Waals surface area (Å²) in [6.07, 6.45) is 3.44. The predicted octanol–water partition coefficient (Wildman–Crippen LogP) is 4.02. The molecular weight excluding hydrogens is 350 g/mol. The zero-order valence-electron chi connectivity index (χ0n) is 16.1. The standard InChI is InChI=1S/C22H23N5O/c1-3-16-4-8-18(9-5-16)20-14-21(27-22(26-20)24-15-25-27)23-13-12-17-6-10-19(28-2)11-7-17/h4-11,14-15,23H,3,12-13H2,1-2H3. The number of hydrogen-bond donors (Lipinski definition) is 1. The zero-order chi connectivity index (χ0) is 19.3. The van der Waals surface area contributed by atoms with E-state index in [2.05, 4.69) is 63.7 Å². The lowest BCUT2D eigenvalue weighted by Crippen LogP contribution is -2.10. The number of anilines is 1. The molecule has 4 rings (SSSR count). The average Bonchev–Trinajstić information content (AvgIpc) is 3.23. The minimum Gasteiger partial charge on any atom is -0.497 e. The molecule has 2 aromatic carbocycles. The van der Waals surface area contributed by atoms with Crippen LogP contribution in [0.3, 0.4) is 0 Å². The minimum atomic E-state index is 0.587. The van der Waals surface area contributed by atoms with Gasteiger partial charge in [0.05, 0.1) is 12.8 Å². The molecule has 2 heterocycles. The molecule has 0 bridgehead atoms. The van der Waals surface area contributed by atoms with Gasteiger partial charge in [-0.1, -0.05) is 43.3 Å². The Morgan fingerprint density at radius 2 is 1.75 bits per heavy atom. The van der Waals surface area contributed by atoms with Gasteiger partial charge in [0, 0.05) is 18.2 Å². The summed E-state index contributed by atoms with van der Waals surface area (Å²) >= 11 is 0. The molecule has 4 aromatic rings. The van der Waals surface area contributed by atoms with Crippen molar-refractivity contribution in [3.63, 3.8) is 0 Å². The van der Waals surface area contributed by atoms with Gasteiger partial charge >= 0.3 is 0 Å². The van der Waals surface area contributed by atoms with Gasteiger partial charge in [-0.05, 0) is 36.1 Å². The van der Waals surface area contributed by atoms with E-state index in [4.69, 9.17) is 4.74 Å². The van der Waals surface area contributed by atoms with Gasteiger partial charge in [0.15, 0.2) is 0 Å². The van der Waals surface area contributed by atoms with Crippen LogP contribution in [0.4, 0.5) is 5.82 Å². The Balaban J connectivity index is 1.54. The fourth-order valence-corrected chi connectivity index (χ4v) is 3.12. The van der Waals surface area contributed by atoms with Crippen molar-refractivity contribution in [2.45, 2.75) is 19.8 Å². The normalized spacial score (nSPS) is 10.9. The van der Waals surface area contributed by atoms with Gasteiger partial charge in [0.2, 0.25) is 0 Å². The van der Waals surface area contributed by atoms with Crippen LogP contribution in [0.2, 0.25) is 0 Å². The third kappa shape index (κ3) is 3.81. The summed E-state index contributed by atoms with van der Waals surface area (Å²) in [7, 11) is 1.68. The number of hydrogen-bond acceptors (Lipinski definition) is 5. The number of rotatable bonds is 7. The number of benzene rings is 2. The molecule has 1 N–H and O–H groups in total. The molecule has 6 nitrogen and oxygen atoms in total. The number of fused-ring (bicyclic) bond motifs is 1. The van der Waals surface area contributed by atoms with Gasteiger partial charge < -0.3 is 10.1 Å². The quantitative estimate of drug-likeness (QED) is 0.530. The Labute approximate surface area is 164 Å². The van der Waals surface area contributed by atoms with E-state index in [-0.39, 0.29) is 0 Å². The van der Waals surface area contributed by atoms with Crippen molar-refractivity contribution in [1.29, 1.82) is 0 Å². The van der Waals surface area contributed by atoms with Crippen molar-refractivity contribution < 1.29 is 4.74 Å². The van der Waals surface area contributed by atoms with E-state index >= 15 is 0 Å². The van der Waals surface area contributed by atoms with Crippen molar-refractivity contribution in [2.75, 3.05) is 19.0 Å². The van der Waals surface area contributed by atoms with Crippen molar-refractivity contribution in [2.24, 2.45) is 0 Å². The molecule has 0 saturated carbocycles. The number of aromatic nitrogens is 4. The van der Waals surface area contributed by atoms with Crippen molar-refractivity contribution >= 4 is 11.6 Å². The molecule has 0 amide bonds. The Kier molecular flexibility index (Phi) is 5.19. The van der Waals surface area contributed by atoms with E-state index < -0.39 is 0 Å². The maximum absolute atomic E-state index is 5.21. The van der Waals surface area contributed by atoms with Crippen LogP contribution < -0.4 is 10.1 Å². The van der Waals surface area contributed by atoms with Crippen LogP contribution in [-0.2, 0) is 12.8 Å². The first kappa shape index (κ1) is 18.0. The molecule has 0 aliphatic rings. The van der Waals surface area contributed by atoms with Crippen LogP contribution in [-0.4, -0.2) is 33.2 Å². The van der Waals surface area contributed by atoms with Gasteiger partial charge in [-0.25, -0.2) is 4.98 Å². The summed E-state index contributed by atoms with van der Waals surface area (Å²) in [6, 6.07) is 18.6. The van der Waals surface area contributed by atoms with E-state index in [1.165, 1.54) is 17.5 Å². The van der Waals surface area contributed by atoms with Crippen LogP contribution in [0, 0.1) is 0 Å². The van der Waals surface area contributed by atoms with Crippen LogP contribution in [0.5, 0.6) is 5.75 Å². The number of methoxy groups -OCH3 is 1. The third-order valence-corrected chi connectivity index (χ3v) is 4.79. The molecular formula is C22H23N5O. The van der Waals surface area contributed by atoms with Crippen LogP contribution in [0.25, 0.3) is 17.0 Å². The Bertz CT molecular complexity index is 1050. The summed E-state index contributed by atoms with van der Waals surface area (Å²) in [5.74, 6) is 2.34. The third-order valence-electron chi connectivity index (χ3n) is 4.79. The van der Waals surface area contributed by atoms with E-state index in [1.807, 2.05) is 18.2 Å². The largest absolute Gasteiger partial charge is 0.497 e. The molecule has 0 unspecified atom stereocenters. The molecule has 0 radical (unpaired) electrons. The second-order valence-electron chi connectivity index (χ2n) is 6.57. The fourth-order valence-electron chi connectivity index (χ4n) is 3.12. The highest BCUT2D eigenvalue weighted by Crippen LogP contribution is 2.22. The molecule has 28 heavy (non-hydrogen) atoms. The zero-order valence-corrected chi connectivity index (χ0v) is 16.1. The van der Waals surface area contributed by atoms with Gasteiger partial charge in [-0.15, -0.1) is 0 Å². The second kappa shape index (κ2) is 8.08. The summed E-state index contributed by atoms with van der Waals surface area (Å²) in [5.41, 5.74) is 4.51. The minimum absolute atomic E-state index is 0.587. The maximum atomic E-state index is 5.21. The topological polar surface area (TPSA) is 64.3 Å². The summed E-state index contributed by atoms with van der Waals surface area (Å²) in [6.45, 7) is 2.93. The van der Waals surface area contributed by atoms with Crippen LogP contribution in [0.1, 0.15) is 18.1 Å². The SMILES string of the molecule is CCc1ccc(-c2cc(NCCc3ccc(OC)cc3)n3ncnc3n2)cc1. The molecule has 0 spiro atoms. The summed E-state index contributed by atoms with van der Waals surface area (Å²) < 4.78 is 6.94. The van der Waals surface area contributed by atoms with Gasteiger partial charge in [0.25, 0.3) is 5.78 Å². The molecule has 0 saturated heterocycles. The lowest BCUT2D eigenvalue weighted by molar-refractivity contribution is 0.414. The van der Waals surface area contributed by atoms with Gasteiger partial charge in [-0.2, -0.15) is 14.6 Å². The van der Waals surface area contributed by atoms with Crippen LogP contribution in [0.15, 0.2) is 60.9 Å². The van der Waals surface area contributed by atoms with E-state index in [0.717, 1.165) is 42.2 Å². The lowest BCUT2D eigenvalue weighted by Gasteiger charge is -2.11. The number of nitrogens with zero attached hydrogens (tertiary/aromatic N) is 4. The Morgan fingerprint density at radius 3 is 2.46 bits per heavy atom. The van der Waals surface area contributed by atoms with E-state index in [0.29, 0.717) is 5.78 Å². The fraction of sp³-hybridized carbons (Fsp3) is 0.227. The molecule has 0 aliphatic heterocycles. The highest BCUT2D eigenvalue weighted by Gasteiger charge is 2.09. The van der Waals surface area contributed by atoms with Crippen molar-refractivity contribution in [3.05, 3.63) is 72.1 Å². The number of nitrogens with one attached hydrogen (secondary N) is 1. The van der Waals surface area contributed by atoms with E-state index in [9.17, 15) is 0 Å². The smallest absolute Gasteiger partial charge is 0.254 e. The average molecular weight is 373 g/mol. The van der Waals surface area contributed by atoms with E-state index in [1.54, 1.807) is 11.6 Å². The second-order valence-corrected chi connectivity index (χ2v) is 6.57. The number of ether oxygens (including phenoxy) is 1. The number of aryl methyl sites for hydroxylation is 1. The first-order valence-corrected chi connectivity index (χ1v) is 9.43. The highest BCUT2D eigenvalue weighted by molar-refractivity contribution is 5.65. The maximum Gasteiger partial charge on any atom is 0.254 e. The molecule has 0 aliphatic carbocycles. The lowest BCUT2D eigenvalue weighted by atomic mass is 10.1. The monoisotopic (exact) mass is 373 g/mol. The molecule has 0 fully saturated rings. The van der Waals surface area contributed by atoms with Crippen molar-refractivity contribution in [1.82, 2.24) is 19.6 Å². The molecule has 142 valence electrons. The molecule has 6 heteroatoms. The first-order valence-electron chi connectivity index (χ1n) is 9.43. The summed E-state index contributed by atoms with van der Waals surface area (Å²) in [4.78, 5) is 8.91. The predicted molar refractivity (Wildman–Crippen MR) is 111 cm³/mol. The van der Waals surface area contributed by atoms with Crippen LogP contribution >= 0.6 is 0 Å². The summed E-state index contributed by atoms with van der Waals surface area (Å²) in [5, 5.41) is 7.77. The molecule has 0 atom stereocenters.